The van der Waals surface area contributed by atoms with Gasteiger partial charge in [0.15, 0.2) is 0 Å². The third-order valence-electron chi connectivity index (χ3n) is 1.25. The van der Waals surface area contributed by atoms with Crippen molar-refractivity contribution in [1.82, 2.24) is 4.98 Å². The maximum atomic E-state index is 10.6. The molecule has 0 saturated heterocycles. The van der Waals surface area contributed by atoms with Crippen LogP contribution >= 0.6 is 0 Å². The zero-order valence-electron chi connectivity index (χ0n) is 5.35. The lowest BCUT2D eigenvalue weighted by atomic mass is 10.2. The van der Waals surface area contributed by atoms with Crippen LogP contribution < -0.4 is 5.56 Å². The van der Waals surface area contributed by atoms with E-state index in [1.807, 2.05) is 13.0 Å². The molecule has 2 heteroatoms. The first kappa shape index (κ1) is 6.08. The Hall–Kier alpha value is -1.05. The second kappa shape index (κ2) is 2.49. The van der Waals surface area contributed by atoms with E-state index in [9.17, 15) is 4.79 Å². The zero-order valence-corrected chi connectivity index (χ0v) is 5.35. The van der Waals surface area contributed by atoms with E-state index < -0.39 is 0 Å². The summed E-state index contributed by atoms with van der Waals surface area (Å²) in [7, 11) is 0. The quantitative estimate of drug-likeness (QED) is 0.592. The van der Waals surface area contributed by atoms with Crippen LogP contribution in [-0.4, -0.2) is 4.98 Å². The number of pyridine rings is 1. The molecule has 0 aliphatic heterocycles. The van der Waals surface area contributed by atoms with Gasteiger partial charge in [0.05, 0.1) is 0 Å². The molecule has 0 aliphatic rings. The molecular weight excluding hydrogens is 114 g/mol. The summed E-state index contributed by atoms with van der Waals surface area (Å²) in [4.78, 5) is 13.1. The van der Waals surface area contributed by atoms with Crippen LogP contribution in [-0.2, 0) is 6.42 Å². The number of hydrogen-bond donors (Lipinski definition) is 1. The van der Waals surface area contributed by atoms with Gasteiger partial charge in [-0.1, -0.05) is 6.92 Å². The Morgan fingerprint density at radius 2 is 2.44 bits per heavy atom. The van der Waals surface area contributed by atoms with Crippen molar-refractivity contribution in [3.8, 4) is 0 Å². The monoisotopic (exact) mass is 123 g/mol. The van der Waals surface area contributed by atoms with E-state index in [0.717, 1.165) is 12.0 Å². The van der Waals surface area contributed by atoms with E-state index in [4.69, 9.17) is 0 Å². The highest BCUT2D eigenvalue weighted by Gasteiger charge is 1.85. The molecule has 1 rings (SSSR count). The molecule has 0 atom stereocenters. The molecule has 1 heterocycles. The number of H-pyrrole nitrogens is 1. The zero-order chi connectivity index (χ0) is 6.69. The van der Waals surface area contributed by atoms with Gasteiger partial charge < -0.3 is 4.98 Å². The molecular formula is C7H9NO. The minimum absolute atomic E-state index is 0.0191. The molecule has 0 bridgehead atoms. The van der Waals surface area contributed by atoms with Gasteiger partial charge in [-0.05, 0) is 18.1 Å². The van der Waals surface area contributed by atoms with Gasteiger partial charge in [-0.3, -0.25) is 4.79 Å². The summed E-state index contributed by atoms with van der Waals surface area (Å²) in [5, 5.41) is 0. The van der Waals surface area contributed by atoms with Crippen LogP contribution in [0.25, 0.3) is 0 Å². The number of aromatic nitrogens is 1. The van der Waals surface area contributed by atoms with Crippen LogP contribution in [0.4, 0.5) is 0 Å². The maximum absolute atomic E-state index is 10.6. The van der Waals surface area contributed by atoms with E-state index in [1.54, 1.807) is 12.3 Å². The van der Waals surface area contributed by atoms with Gasteiger partial charge in [-0.25, -0.2) is 0 Å². The highest BCUT2D eigenvalue weighted by Crippen LogP contribution is 1.91. The summed E-state index contributed by atoms with van der Waals surface area (Å²) < 4.78 is 0. The standard InChI is InChI=1S/C7H9NO/c1-2-6-3-4-8-7(9)5-6/h3-5H,2H2,1H3,(H,8,9). The third kappa shape index (κ3) is 1.42. The van der Waals surface area contributed by atoms with Crippen molar-refractivity contribution in [2.75, 3.05) is 0 Å². The average molecular weight is 123 g/mol. The van der Waals surface area contributed by atoms with Gasteiger partial charge in [0.2, 0.25) is 5.56 Å². The number of aromatic amines is 1. The summed E-state index contributed by atoms with van der Waals surface area (Å²) in [5.41, 5.74) is 1.06. The van der Waals surface area contributed by atoms with Gasteiger partial charge in [-0.2, -0.15) is 0 Å². The Kier molecular flexibility index (Phi) is 1.68. The average Bonchev–Trinajstić information content (AvgIpc) is 1.88. The predicted molar refractivity (Wildman–Crippen MR) is 36.4 cm³/mol. The molecule has 0 fully saturated rings. The fourth-order valence-electron chi connectivity index (χ4n) is 0.709. The largest absolute Gasteiger partial charge is 0.329 e. The Morgan fingerprint density at radius 3 is 2.89 bits per heavy atom. The number of rotatable bonds is 1. The van der Waals surface area contributed by atoms with Crippen molar-refractivity contribution in [3.05, 3.63) is 34.2 Å². The van der Waals surface area contributed by atoms with Crippen molar-refractivity contribution in [2.24, 2.45) is 0 Å². The van der Waals surface area contributed by atoms with Crippen molar-refractivity contribution >= 4 is 0 Å². The first-order valence-electron chi connectivity index (χ1n) is 3.00. The van der Waals surface area contributed by atoms with Gasteiger partial charge in [0.1, 0.15) is 0 Å². The Morgan fingerprint density at radius 1 is 1.67 bits per heavy atom. The number of nitrogens with one attached hydrogen (secondary N) is 1. The fraction of sp³-hybridized carbons (Fsp3) is 0.286. The van der Waals surface area contributed by atoms with Crippen LogP contribution in [0.15, 0.2) is 23.1 Å². The third-order valence-corrected chi connectivity index (χ3v) is 1.25. The summed E-state index contributed by atoms with van der Waals surface area (Å²) in [6.45, 7) is 2.02. The Balaban J connectivity index is 3.08. The van der Waals surface area contributed by atoms with Gasteiger partial charge in [0.25, 0.3) is 0 Å². The van der Waals surface area contributed by atoms with Crippen molar-refractivity contribution in [3.63, 3.8) is 0 Å². The first-order valence-corrected chi connectivity index (χ1v) is 3.00. The lowest BCUT2D eigenvalue weighted by Crippen LogP contribution is -2.02. The summed E-state index contributed by atoms with van der Waals surface area (Å²) in [6, 6.07) is 3.52. The van der Waals surface area contributed by atoms with Crippen LogP contribution in [0.5, 0.6) is 0 Å². The molecule has 1 N–H and O–H groups in total. The maximum Gasteiger partial charge on any atom is 0.248 e. The molecule has 0 saturated carbocycles. The molecule has 48 valence electrons. The molecule has 0 spiro atoms. The van der Waals surface area contributed by atoms with E-state index >= 15 is 0 Å². The molecule has 0 unspecified atom stereocenters. The van der Waals surface area contributed by atoms with Gasteiger partial charge >= 0.3 is 0 Å². The molecule has 0 radical (unpaired) electrons. The lowest BCUT2D eigenvalue weighted by Gasteiger charge is -1.89. The first-order chi connectivity index (χ1) is 4.33. The second-order valence-corrected chi connectivity index (χ2v) is 1.91. The molecule has 2 nitrogen and oxygen atoms in total. The van der Waals surface area contributed by atoms with Crippen molar-refractivity contribution < 1.29 is 0 Å². The molecule has 0 amide bonds. The van der Waals surface area contributed by atoms with Crippen LogP contribution in [0.2, 0.25) is 0 Å². The van der Waals surface area contributed by atoms with Crippen LogP contribution in [0, 0.1) is 0 Å². The van der Waals surface area contributed by atoms with E-state index in [2.05, 4.69) is 4.98 Å². The molecule has 1 aromatic rings. The molecule has 0 aliphatic carbocycles. The van der Waals surface area contributed by atoms with Crippen molar-refractivity contribution in [1.29, 1.82) is 0 Å². The minimum Gasteiger partial charge on any atom is -0.329 e. The number of aryl methyl sites for hydroxylation is 1. The smallest absolute Gasteiger partial charge is 0.248 e. The van der Waals surface area contributed by atoms with E-state index in [1.165, 1.54) is 0 Å². The van der Waals surface area contributed by atoms with Crippen molar-refractivity contribution in [2.45, 2.75) is 13.3 Å². The van der Waals surface area contributed by atoms with E-state index in [-0.39, 0.29) is 5.56 Å². The van der Waals surface area contributed by atoms with Gasteiger partial charge in [-0.15, -0.1) is 0 Å². The molecule has 9 heavy (non-hydrogen) atoms. The summed E-state index contributed by atoms with van der Waals surface area (Å²) in [5.74, 6) is 0. The minimum atomic E-state index is -0.0191. The van der Waals surface area contributed by atoms with E-state index in [0.29, 0.717) is 0 Å². The van der Waals surface area contributed by atoms with Crippen LogP contribution in [0.1, 0.15) is 12.5 Å². The summed E-state index contributed by atoms with van der Waals surface area (Å²) >= 11 is 0. The second-order valence-electron chi connectivity index (χ2n) is 1.91. The Bertz CT molecular complexity index is 239. The highest BCUT2D eigenvalue weighted by atomic mass is 16.1. The predicted octanol–water partition coefficient (Wildman–Crippen LogP) is 0.937. The Labute approximate surface area is 53.5 Å². The number of hydrogen-bond acceptors (Lipinski definition) is 1. The SMILES string of the molecule is CCc1cc[nH]c(=O)c1. The summed E-state index contributed by atoms with van der Waals surface area (Å²) in [6.07, 6.45) is 2.59. The molecule has 1 aromatic heterocycles. The van der Waals surface area contributed by atoms with Gasteiger partial charge in [0, 0.05) is 12.3 Å². The highest BCUT2D eigenvalue weighted by molar-refractivity contribution is 5.08. The normalized spacial score (nSPS) is 9.44. The fourth-order valence-corrected chi connectivity index (χ4v) is 0.709. The van der Waals surface area contributed by atoms with Crippen LogP contribution in [0.3, 0.4) is 0 Å². The lowest BCUT2D eigenvalue weighted by molar-refractivity contribution is 1.10. The molecule has 0 aromatic carbocycles. The topological polar surface area (TPSA) is 32.9 Å².